The molecule has 2 N–H and O–H groups in total. The van der Waals surface area contributed by atoms with Crippen LogP contribution in [0.5, 0.6) is 0 Å². The highest BCUT2D eigenvalue weighted by atomic mass is 16.4. The van der Waals surface area contributed by atoms with Crippen molar-refractivity contribution in [2.45, 2.75) is 63.8 Å². The van der Waals surface area contributed by atoms with E-state index in [9.17, 15) is 4.79 Å². The number of aliphatic carboxylic acids is 1. The first kappa shape index (κ1) is 11.9. The normalized spacial score (nSPS) is 28.4. The molecule has 0 aromatic carbocycles. The van der Waals surface area contributed by atoms with Crippen LogP contribution in [0, 0.1) is 5.41 Å². The van der Waals surface area contributed by atoms with Crippen LogP contribution in [0.3, 0.4) is 0 Å². The standard InChI is InChI=1S/C13H23NO2/c15-12(16)6-10-14-11-5-1-2-7-13(11)8-3-4-9-13/h11,14H,1-10H2,(H,15,16). The van der Waals surface area contributed by atoms with Crippen LogP contribution in [-0.4, -0.2) is 23.7 Å². The number of carboxylic acid groups (broad SMARTS) is 1. The second kappa shape index (κ2) is 5.17. The highest BCUT2D eigenvalue weighted by molar-refractivity contribution is 5.66. The van der Waals surface area contributed by atoms with Gasteiger partial charge in [0, 0.05) is 12.6 Å². The van der Waals surface area contributed by atoms with Gasteiger partial charge in [-0.25, -0.2) is 0 Å². The minimum atomic E-state index is -0.691. The fourth-order valence-corrected chi connectivity index (χ4v) is 3.66. The van der Waals surface area contributed by atoms with Gasteiger partial charge in [-0.15, -0.1) is 0 Å². The van der Waals surface area contributed by atoms with E-state index in [1.807, 2.05) is 0 Å². The summed E-state index contributed by atoms with van der Waals surface area (Å²) in [5.41, 5.74) is 0.525. The molecule has 1 spiro atoms. The maximum absolute atomic E-state index is 10.5. The molecule has 0 amide bonds. The van der Waals surface area contributed by atoms with Crippen LogP contribution in [0.4, 0.5) is 0 Å². The Balaban J connectivity index is 1.87. The highest BCUT2D eigenvalue weighted by Crippen LogP contribution is 2.48. The van der Waals surface area contributed by atoms with Crippen LogP contribution in [0.2, 0.25) is 0 Å². The van der Waals surface area contributed by atoms with E-state index in [-0.39, 0.29) is 6.42 Å². The SMILES string of the molecule is O=C(O)CCNC1CCCCC12CCCC2. The van der Waals surface area contributed by atoms with Gasteiger partial charge in [-0.1, -0.05) is 25.7 Å². The molecule has 0 aromatic rings. The lowest BCUT2D eigenvalue weighted by atomic mass is 9.69. The predicted octanol–water partition coefficient (Wildman–Crippen LogP) is 2.55. The van der Waals surface area contributed by atoms with E-state index in [2.05, 4.69) is 5.32 Å². The monoisotopic (exact) mass is 225 g/mol. The number of rotatable bonds is 4. The first-order valence-corrected chi connectivity index (χ1v) is 6.68. The Morgan fingerprint density at radius 1 is 1.19 bits per heavy atom. The Kier molecular flexibility index (Phi) is 3.85. The van der Waals surface area contributed by atoms with Crippen LogP contribution < -0.4 is 5.32 Å². The molecule has 2 rings (SSSR count). The van der Waals surface area contributed by atoms with E-state index in [0.717, 1.165) is 0 Å². The van der Waals surface area contributed by atoms with E-state index in [4.69, 9.17) is 5.11 Å². The van der Waals surface area contributed by atoms with Crippen LogP contribution in [0.15, 0.2) is 0 Å². The Morgan fingerprint density at radius 2 is 1.81 bits per heavy atom. The van der Waals surface area contributed by atoms with Crippen molar-refractivity contribution in [1.82, 2.24) is 5.32 Å². The molecule has 0 saturated heterocycles. The van der Waals surface area contributed by atoms with Gasteiger partial charge in [-0.3, -0.25) is 4.79 Å². The summed E-state index contributed by atoms with van der Waals surface area (Å²) < 4.78 is 0. The smallest absolute Gasteiger partial charge is 0.304 e. The molecule has 0 aromatic heterocycles. The number of carbonyl (C=O) groups is 1. The molecule has 92 valence electrons. The third kappa shape index (κ3) is 2.57. The maximum Gasteiger partial charge on any atom is 0.304 e. The lowest BCUT2D eigenvalue weighted by Crippen LogP contribution is -2.46. The summed E-state index contributed by atoms with van der Waals surface area (Å²) in [6.45, 7) is 0.641. The van der Waals surface area contributed by atoms with Gasteiger partial charge in [0.25, 0.3) is 0 Å². The van der Waals surface area contributed by atoms with Gasteiger partial charge in [-0.05, 0) is 31.1 Å². The van der Waals surface area contributed by atoms with E-state index in [1.54, 1.807) is 0 Å². The van der Waals surface area contributed by atoms with Crippen LogP contribution in [0.1, 0.15) is 57.8 Å². The quantitative estimate of drug-likeness (QED) is 0.773. The van der Waals surface area contributed by atoms with Gasteiger partial charge in [0.2, 0.25) is 0 Å². The third-order valence-electron chi connectivity index (χ3n) is 4.49. The Morgan fingerprint density at radius 3 is 2.44 bits per heavy atom. The topological polar surface area (TPSA) is 49.3 Å². The molecule has 2 fully saturated rings. The van der Waals surface area contributed by atoms with E-state index < -0.39 is 5.97 Å². The molecule has 0 radical (unpaired) electrons. The Hall–Kier alpha value is -0.570. The zero-order chi connectivity index (χ0) is 11.4. The number of carboxylic acids is 1. The number of hydrogen-bond acceptors (Lipinski definition) is 2. The minimum absolute atomic E-state index is 0.257. The third-order valence-corrected chi connectivity index (χ3v) is 4.49. The molecule has 1 unspecified atom stereocenters. The number of hydrogen-bond donors (Lipinski definition) is 2. The molecule has 2 aliphatic carbocycles. The van der Waals surface area contributed by atoms with Crippen molar-refractivity contribution in [2.75, 3.05) is 6.54 Å². The fourth-order valence-electron chi connectivity index (χ4n) is 3.66. The first-order chi connectivity index (χ1) is 7.73. The molecule has 2 saturated carbocycles. The molecule has 2 aliphatic rings. The van der Waals surface area contributed by atoms with Crippen LogP contribution >= 0.6 is 0 Å². The Labute approximate surface area is 97.6 Å². The maximum atomic E-state index is 10.5. The summed E-state index contributed by atoms with van der Waals surface area (Å²) >= 11 is 0. The summed E-state index contributed by atoms with van der Waals surface area (Å²) in [7, 11) is 0. The van der Waals surface area contributed by atoms with Crippen molar-refractivity contribution < 1.29 is 9.90 Å². The Bertz CT molecular complexity index is 246. The molecule has 0 bridgehead atoms. The average Bonchev–Trinajstić information content (AvgIpc) is 2.70. The van der Waals surface area contributed by atoms with Gasteiger partial charge in [0.05, 0.1) is 6.42 Å². The van der Waals surface area contributed by atoms with Gasteiger partial charge in [0.15, 0.2) is 0 Å². The molecular weight excluding hydrogens is 202 g/mol. The summed E-state index contributed by atoms with van der Waals surface area (Å²) in [6, 6.07) is 0.586. The molecule has 3 nitrogen and oxygen atoms in total. The van der Waals surface area contributed by atoms with Crippen molar-refractivity contribution in [3.05, 3.63) is 0 Å². The average molecular weight is 225 g/mol. The zero-order valence-corrected chi connectivity index (χ0v) is 10.0. The summed E-state index contributed by atoms with van der Waals surface area (Å²) in [5.74, 6) is -0.691. The van der Waals surface area contributed by atoms with Crippen molar-refractivity contribution in [3.63, 3.8) is 0 Å². The number of nitrogens with one attached hydrogen (secondary N) is 1. The molecule has 3 heteroatoms. The lowest BCUT2D eigenvalue weighted by Gasteiger charge is -2.42. The highest BCUT2D eigenvalue weighted by Gasteiger charge is 2.42. The largest absolute Gasteiger partial charge is 0.481 e. The lowest BCUT2D eigenvalue weighted by molar-refractivity contribution is -0.136. The van der Waals surface area contributed by atoms with Gasteiger partial charge >= 0.3 is 5.97 Å². The molecule has 0 aliphatic heterocycles. The van der Waals surface area contributed by atoms with Gasteiger partial charge < -0.3 is 10.4 Å². The zero-order valence-electron chi connectivity index (χ0n) is 10.0. The van der Waals surface area contributed by atoms with E-state index in [1.165, 1.54) is 51.4 Å². The summed E-state index contributed by atoms with van der Waals surface area (Å²) in [5, 5.41) is 12.2. The predicted molar refractivity (Wildman–Crippen MR) is 63.4 cm³/mol. The fraction of sp³-hybridized carbons (Fsp3) is 0.923. The second-order valence-corrected chi connectivity index (χ2v) is 5.47. The molecule has 16 heavy (non-hydrogen) atoms. The minimum Gasteiger partial charge on any atom is -0.481 e. The summed E-state index contributed by atoms with van der Waals surface area (Å²) in [6.07, 6.45) is 11.0. The first-order valence-electron chi connectivity index (χ1n) is 6.68. The van der Waals surface area contributed by atoms with Crippen molar-refractivity contribution >= 4 is 5.97 Å². The molecule has 0 heterocycles. The van der Waals surface area contributed by atoms with Gasteiger partial charge in [-0.2, -0.15) is 0 Å². The van der Waals surface area contributed by atoms with Crippen molar-refractivity contribution in [2.24, 2.45) is 5.41 Å². The molecular formula is C13H23NO2. The second-order valence-electron chi connectivity index (χ2n) is 5.47. The van der Waals surface area contributed by atoms with Crippen molar-refractivity contribution in [3.8, 4) is 0 Å². The van der Waals surface area contributed by atoms with Crippen LogP contribution in [0.25, 0.3) is 0 Å². The van der Waals surface area contributed by atoms with Crippen LogP contribution in [-0.2, 0) is 4.79 Å². The van der Waals surface area contributed by atoms with Gasteiger partial charge in [0.1, 0.15) is 0 Å². The van der Waals surface area contributed by atoms with E-state index >= 15 is 0 Å². The van der Waals surface area contributed by atoms with Crippen molar-refractivity contribution in [1.29, 1.82) is 0 Å². The van der Waals surface area contributed by atoms with E-state index in [0.29, 0.717) is 18.0 Å². The molecule has 1 atom stereocenters. The summed E-state index contributed by atoms with van der Waals surface area (Å²) in [4.78, 5) is 10.5.